The van der Waals surface area contributed by atoms with Gasteiger partial charge in [-0.25, -0.2) is 9.79 Å². The number of carbonyl (C=O) groups is 1. The van der Waals surface area contributed by atoms with E-state index in [1.165, 1.54) is 29.2 Å². The van der Waals surface area contributed by atoms with Crippen molar-refractivity contribution >= 4 is 61.7 Å². The van der Waals surface area contributed by atoms with Gasteiger partial charge in [-0.2, -0.15) is 0 Å². The number of ether oxygens (including phenoxy) is 4. The molecule has 1 aliphatic rings. The molecule has 0 bridgehead atoms. The molecule has 1 aromatic heterocycles. The molecular weight excluding hydrogens is 704 g/mol. The first-order chi connectivity index (χ1) is 22.8. The standard InChI is InChI=1S/C36H30BrClN2O6S/c1-4-44-29-14-13-22(16-30(29)45-5-2)32-27(35(42)43-3)19-39-36-40(32)34(41)31(47-36)17-24-15-25(38)18-28(37)33(24)46-20-23-11-8-10-21-9-6-7-12-26(21)23/h6-19,32H,4-5,20H2,1-3H3/b31-17+/t32-/m1/s1. The van der Waals surface area contributed by atoms with Gasteiger partial charge in [0, 0.05) is 16.8 Å². The van der Waals surface area contributed by atoms with Crippen LogP contribution in [0.4, 0.5) is 0 Å². The summed E-state index contributed by atoms with van der Waals surface area (Å²) >= 11 is 11.3. The highest BCUT2D eigenvalue weighted by Gasteiger charge is 2.31. The van der Waals surface area contributed by atoms with Gasteiger partial charge in [0.2, 0.25) is 0 Å². The Hall–Kier alpha value is -4.38. The molecule has 11 heteroatoms. The van der Waals surface area contributed by atoms with Gasteiger partial charge in [0.15, 0.2) is 16.3 Å². The summed E-state index contributed by atoms with van der Waals surface area (Å²) in [4.78, 5) is 32.1. The minimum absolute atomic E-state index is 0.211. The van der Waals surface area contributed by atoms with Crippen LogP contribution in [0, 0.1) is 0 Å². The number of esters is 1. The van der Waals surface area contributed by atoms with Crippen LogP contribution in [0.3, 0.4) is 0 Å². The van der Waals surface area contributed by atoms with Crippen molar-refractivity contribution in [2.75, 3.05) is 20.3 Å². The van der Waals surface area contributed by atoms with Crippen LogP contribution in [-0.4, -0.2) is 30.9 Å². The molecule has 0 aliphatic carbocycles. The summed E-state index contributed by atoms with van der Waals surface area (Å²) in [5, 5.41) is 2.68. The molecule has 0 fully saturated rings. The van der Waals surface area contributed by atoms with Crippen molar-refractivity contribution < 1.29 is 23.7 Å². The van der Waals surface area contributed by atoms with E-state index >= 15 is 0 Å². The van der Waals surface area contributed by atoms with Gasteiger partial charge in [-0.15, -0.1) is 0 Å². The SMILES string of the molecule is CCOc1ccc([C@@H]2C(C(=O)OC)=CN=c3s/c(=C/c4cc(Cl)cc(Br)c4OCc4cccc5ccccc45)c(=O)n32)cc1OCC. The van der Waals surface area contributed by atoms with Crippen LogP contribution < -0.4 is 29.1 Å². The van der Waals surface area contributed by atoms with Crippen molar-refractivity contribution in [3.8, 4) is 17.2 Å². The summed E-state index contributed by atoms with van der Waals surface area (Å²) in [7, 11) is 1.30. The fourth-order valence-electron chi connectivity index (χ4n) is 5.54. The Kier molecular flexibility index (Phi) is 9.81. The van der Waals surface area contributed by atoms with Gasteiger partial charge in [-0.1, -0.05) is 71.5 Å². The summed E-state index contributed by atoms with van der Waals surface area (Å²) in [6.45, 7) is 4.92. The zero-order valence-electron chi connectivity index (χ0n) is 25.8. The molecule has 0 saturated carbocycles. The van der Waals surface area contributed by atoms with Gasteiger partial charge in [0.1, 0.15) is 12.4 Å². The number of nitrogens with zero attached hydrogens (tertiary/aromatic N) is 2. The number of thiazole rings is 1. The third kappa shape index (κ3) is 6.58. The van der Waals surface area contributed by atoms with Crippen LogP contribution in [0.5, 0.6) is 17.2 Å². The Bertz CT molecular complexity index is 2200. The number of halogens is 2. The van der Waals surface area contributed by atoms with Crippen molar-refractivity contribution in [3.63, 3.8) is 0 Å². The lowest BCUT2D eigenvalue weighted by atomic mass is 9.97. The number of rotatable bonds is 10. The average Bonchev–Trinajstić information content (AvgIpc) is 3.39. The molecule has 0 unspecified atom stereocenters. The normalized spacial score (nSPS) is 14.3. The van der Waals surface area contributed by atoms with Crippen molar-refractivity contribution in [2.24, 2.45) is 4.99 Å². The lowest BCUT2D eigenvalue weighted by molar-refractivity contribution is -0.136. The van der Waals surface area contributed by atoms with Gasteiger partial charge in [0.25, 0.3) is 5.56 Å². The quantitative estimate of drug-likeness (QED) is 0.144. The Morgan fingerprint density at radius 1 is 1.00 bits per heavy atom. The number of methoxy groups -OCH3 is 1. The summed E-state index contributed by atoms with van der Waals surface area (Å²) in [5.41, 5.74) is 2.14. The van der Waals surface area contributed by atoms with Gasteiger partial charge >= 0.3 is 5.97 Å². The van der Waals surface area contributed by atoms with Crippen LogP contribution in [0.1, 0.15) is 36.6 Å². The molecule has 0 saturated heterocycles. The molecular formula is C36H30BrClN2O6S. The second kappa shape index (κ2) is 14.2. The largest absolute Gasteiger partial charge is 0.490 e. The maximum absolute atomic E-state index is 14.2. The maximum Gasteiger partial charge on any atom is 0.337 e. The third-order valence-electron chi connectivity index (χ3n) is 7.58. The highest BCUT2D eigenvalue weighted by molar-refractivity contribution is 9.10. The Labute approximate surface area is 288 Å². The number of aromatic nitrogens is 1. The van der Waals surface area contributed by atoms with Crippen LogP contribution in [0.25, 0.3) is 16.8 Å². The van der Waals surface area contributed by atoms with E-state index in [0.717, 1.165) is 16.3 Å². The lowest BCUT2D eigenvalue weighted by Gasteiger charge is -2.23. The number of benzene rings is 4. The Morgan fingerprint density at radius 2 is 1.77 bits per heavy atom. The maximum atomic E-state index is 14.2. The van der Waals surface area contributed by atoms with Crippen molar-refractivity contribution in [1.29, 1.82) is 0 Å². The number of fused-ring (bicyclic) bond motifs is 2. The van der Waals surface area contributed by atoms with Crippen molar-refractivity contribution in [1.82, 2.24) is 4.57 Å². The van der Waals surface area contributed by atoms with Crippen LogP contribution in [0.15, 0.2) is 98.8 Å². The molecule has 0 spiro atoms. The van der Waals surface area contributed by atoms with E-state index < -0.39 is 12.0 Å². The van der Waals surface area contributed by atoms with Crippen LogP contribution >= 0.6 is 38.9 Å². The first kappa shape index (κ1) is 32.6. The van der Waals surface area contributed by atoms with Crippen molar-refractivity contribution in [3.05, 3.63) is 130 Å². The second-order valence-electron chi connectivity index (χ2n) is 10.5. The monoisotopic (exact) mass is 732 g/mol. The van der Waals surface area contributed by atoms with Gasteiger partial charge in [0.05, 0.1) is 40.9 Å². The molecule has 240 valence electrons. The summed E-state index contributed by atoms with van der Waals surface area (Å²) < 4.78 is 25.6. The molecule has 6 rings (SSSR count). The van der Waals surface area contributed by atoms with E-state index in [1.807, 2.05) is 44.2 Å². The zero-order valence-corrected chi connectivity index (χ0v) is 28.9. The second-order valence-corrected chi connectivity index (χ2v) is 12.8. The van der Waals surface area contributed by atoms with Crippen LogP contribution in [-0.2, 0) is 16.1 Å². The van der Waals surface area contributed by atoms with E-state index in [0.29, 0.717) is 67.0 Å². The zero-order chi connectivity index (χ0) is 33.1. The topological polar surface area (TPSA) is 88.4 Å². The summed E-state index contributed by atoms with van der Waals surface area (Å²) in [6.07, 6.45) is 3.19. The number of carbonyl (C=O) groups excluding carboxylic acids is 1. The first-order valence-corrected chi connectivity index (χ1v) is 16.9. The van der Waals surface area contributed by atoms with E-state index in [9.17, 15) is 9.59 Å². The molecule has 4 aromatic carbocycles. The molecule has 1 aliphatic heterocycles. The highest BCUT2D eigenvalue weighted by Crippen LogP contribution is 2.36. The predicted molar refractivity (Wildman–Crippen MR) is 187 cm³/mol. The molecule has 2 heterocycles. The third-order valence-corrected chi connectivity index (χ3v) is 9.39. The summed E-state index contributed by atoms with van der Waals surface area (Å²) in [5.74, 6) is 1.01. The van der Waals surface area contributed by atoms with E-state index in [4.69, 9.17) is 30.5 Å². The van der Waals surface area contributed by atoms with Gasteiger partial charge in [-0.3, -0.25) is 9.36 Å². The lowest BCUT2D eigenvalue weighted by Crippen LogP contribution is -2.39. The van der Waals surface area contributed by atoms with Gasteiger partial charge in [-0.05, 0) is 82.0 Å². The smallest absolute Gasteiger partial charge is 0.337 e. The summed E-state index contributed by atoms with van der Waals surface area (Å²) in [6, 6.07) is 22.3. The molecule has 0 radical (unpaired) electrons. The van der Waals surface area contributed by atoms with Crippen LogP contribution in [0.2, 0.25) is 5.02 Å². The average molecular weight is 734 g/mol. The predicted octanol–water partition coefficient (Wildman–Crippen LogP) is 6.96. The minimum atomic E-state index is -0.816. The fraction of sp³-hybridized carbons (Fsp3) is 0.194. The molecule has 47 heavy (non-hydrogen) atoms. The van der Waals surface area contributed by atoms with Crippen molar-refractivity contribution in [2.45, 2.75) is 26.5 Å². The van der Waals surface area contributed by atoms with E-state index in [2.05, 4.69) is 39.1 Å². The first-order valence-electron chi connectivity index (χ1n) is 14.9. The van der Waals surface area contributed by atoms with Gasteiger partial charge < -0.3 is 18.9 Å². The van der Waals surface area contributed by atoms with E-state index in [-0.39, 0.29) is 11.1 Å². The number of hydrogen-bond donors (Lipinski definition) is 0. The molecule has 0 amide bonds. The molecule has 0 N–H and O–H groups in total. The fourth-order valence-corrected chi connectivity index (χ4v) is 7.45. The Balaban J connectivity index is 1.45. The Morgan fingerprint density at radius 3 is 2.55 bits per heavy atom. The number of hydrogen-bond acceptors (Lipinski definition) is 8. The minimum Gasteiger partial charge on any atom is -0.490 e. The van der Waals surface area contributed by atoms with E-state index in [1.54, 1.807) is 30.3 Å². The highest BCUT2D eigenvalue weighted by atomic mass is 79.9. The molecule has 8 nitrogen and oxygen atoms in total. The molecule has 5 aromatic rings. The molecule has 1 atom stereocenters.